The Hall–Kier alpha value is -2.22. The minimum Gasteiger partial charge on any atom is -0.444 e. The van der Waals surface area contributed by atoms with E-state index in [0.717, 1.165) is 4.90 Å². The van der Waals surface area contributed by atoms with E-state index >= 15 is 0 Å². The number of nitrogens with one attached hydrogen (secondary N) is 1. The van der Waals surface area contributed by atoms with Gasteiger partial charge in [-0.1, -0.05) is 12.1 Å². The number of para-hydroxylation sites is 1. The van der Waals surface area contributed by atoms with E-state index in [9.17, 15) is 14.4 Å². The van der Waals surface area contributed by atoms with Crippen LogP contribution in [0.4, 0.5) is 10.5 Å². The van der Waals surface area contributed by atoms with Crippen molar-refractivity contribution >= 4 is 35.4 Å². The molecule has 0 fully saturated rings. The van der Waals surface area contributed by atoms with Crippen molar-refractivity contribution in [3.8, 4) is 0 Å². The summed E-state index contributed by atoms with van der Waals surface area (Å²) in [6.45, 7) is 4.98. The molecule has 1 aromatic carbocycles. The molecule has 2 rings (SSSR count). The molecular formula is C16H21N3O4S. The van der Waals surface area contributed by atoms with Crippen LogP contribution in [0.5, 0.6) is 0 Å². The highest BCUT2D eigenvalue weighted by atomic mass is 32.2. The Morgan fingerprint density at radius 3 is 2.67 bits per heavy atom. The lowest BCUT2D eigenvalue weighted by atomic mass is 10.2. The van der Waals surface area contributed by atoms with Gasteiger partial charge in [-0.2, -0.15) is 0 Å². The molecule has 3 amide bonds. The highest BCUT2D eigenvalue weighted by molar-refractivity contribution is 7.99. The SMILES string of the molecule is CC(C)(C)OC(=O)N[C@@H]1CSc2ccccc2N(CC(N)=O)C1=O. The number of rotatable bonds is 3. The van der Waals surface area contributed by atoms with Crippen molar-refractivity contribution < 1.29 is 19.1 Å². The molecule has 1 aliphatic rings. The zero-order chi connectivity index (χ0) is 17.9. The van der Waals surface area contributed by atoms with Crippen molar-refractivity contribution in [3.05, 3.63) is 24.3 Å². The molecule has 0 radical (unpaired) electrons. The van der Waals surface area contributed by atoms with Gasteiger partial charge in [0.05, 0.1) is 5.69 Å². The largest absolute Gasteiger partial charge is 0.444 e. The van der Waals surface area contributed by atoms with Crippen LogP contribution in [0.2, 0.25) is 0 Å². The van der Waals surface area contributed by atoms with E-state index in [4.69, 9.17) is 10.5 Å². The topological polar surface area (TPSA) is 102 Å². The molecule has 0 unspecified atom stereocenters. The van der Waals surface area contributed by atoms with E-state index in [0.29, 0.717) is 11.4 Å². The fourth-order valence-corrected chi connectivity index (χ4v) is 3.30. The first-order valence-corrected chi connectivity index (χ1v) is 8.47. The predicted octanol–water partition coefficient (Wildman–Crippen LogP) is 1.50. The summed E-state index contributed by atoms with van der Waals surface area (Å²) in [7, 11) is 0. The fraction of sp³-hybridized carbons (Fsp3) is 0.438. The molecule has 0 saturated carbocycles. The molecule has 1 atom stereocenters. The Labute approximate surface area is 144 Å². The van der Waals surface area contributed by atoms with Crippen molar-refractivity contribution in [1.82, 2.24) is 5.32 Å². The summed E-state index contributed by atoms with van der Waals surface area (Å²) in [4.78, 5) is 38.3. The summed E-state index contributed by atoms with van der Waals surface area (Å²) in [6, 6.07) is 6.43. The molecule has 0 bridgehead atoms. The van der Waals surface area contributed by atoms with Crippen LogP contribution in [0.15, 0.2) is 29.2 Å². The highest BCUT2D eigenvalue weighted by Gasteiger charge is 2.33. The van der Waals surface area contributed by atoms with Crippen LogP contribution < -0.4 is 16.0 Å². The zero-order valence-corrected chi connectivity index (χ0v) is 14.7. The van der Waals surface area contributed by atoms with Gasteiger partial charge < -0.3 is 20.7 Å². The van der Waals surface area contributed by atoms with Crippen molar-refractivity contribution in [2.75, 3.05) is 17.2 Å². The Morgan fingerprint density at radius 1 is 1.38 bits per heavy atom. The second kappa shape index (κ2) is 7.12. The zero-order valence-electron chi connectivity index (χ0n) is 13.9. The molecule has 1 heterocycles. The number of thioether (sulfide) groups is 1. The van der Waals surface area contributed by atoms with Crippen LogP contribution in [0.3, 0.4) is 0 Å². The summed E-state index contributed by atoms with van der Waals surface area (Å²) < 4.78 is 5.20. The van der Waals surface area contributed by atoms with Gasteiger partial charge in [-0.15, -0.1) is 11.8 Å². The van der Waals surface area contributed by atoms with Gasteiger partial charge in [0.1, 0.15) is 18.2 Å². The maximum Gasteiger partial charge on any atom is 0.408 e. The lowest BCUT2D eigenvalue weighted by Crippen LogP contribution is -2.52. The monoisotopic (exact) mass is 351 g/mol. The molecule has 0 aromatic heterocycles. The van der Waals surface area contributed by atoms with Gasteiger partial charge in [0, 0.05) is 10.6 Å². The quantitative estimate of drug-likeness (QED) is 0.859. The van der Waals surface area contributed by atoms with Crippen LogP contribution in [0, 0.1) is 0 Å². The summed E-state index contributed by atoms with van der Waals surface area (Å²) >= 11 is 1.43. The van der Waals surface area contributed by atoms with Crippen LogP contribution in [0.25, 0.3) is 0 Å². The lowest BCUT2D eigenvalue weighted by molar-refractivity contribution is -0.123. The van der Waals surface area contributed by atoms with Crippen molar-refractivity contribution in [2.24, 2.45) is 5.73 Å². The average Bonchev–Trinajstić information content (AvgIpc) is 2.57. The molecule has 0 saturated heterocycles. The number of amides is 3. The smallest absolute Gasteiger partial charge is 0.408 e. The summed E-state index contributed by atoms with van der Waals surface area (Å²) in [5.41, 5.74) is 5.22. The summed E-state index contributed by atoms with van der Waals surface area (Å²) in [5, 5.41) is 2.58. The molecule has 0 aliphatic carbocycles. The van der Waals surface area contributed by atoms with Gasteiger partial charge in [-0.25, -0.2) is 4.79 Å². The number of ether oxygens (including phenoxy) is 1. The van der Waals surface area contributed by atoms with E-state index in [1.54, 1.807) is 32.9 Å². The molecule has 1 aromatic rings. The van der Waals surface area contributed by atoms with Crippen LogP contribution in [-0.4, -0.2) is 41.8 Å². The van der Waals surface area contributed by atoms with Crippen molar-refractivity contribution in [1.29, 1.82) is 0 Å². The standard InChI is InChI=1S/C16H21N3O4S/c1-16(2,3)23-15(22)18-10-9-24-12-7-5-4-6-11(12)19(14(10)21)8-13(17)20/h4-7,10H,8-9H2,1-3H3,(H2,17,20)(H,18,22)/t10-/m1/s1. The number of benzene rings is 1. The van der Waals surface area contributed by atoms with Crippen LogP contribution in [0.1, 0.15) is 20.8 Å². The Balaban J connectivity index is 2.23. The third kappa shape index (κ3) is 4.64. The van der Waals surface area contributed by atoms with Crippen LogP contribution in [-0.2, 0) is 14.3 Å². The van der Waals surface area contributed by atoms with Gasteiger partial charge in [0.25, 0.3) is 5.91 Å². The van der Waals surface area contributed by atoms with E-state index in [2.05, 4.69) is 5.32 Å². The van der Waals surface area contributed by atoms with Gasteiger partial charge in [0.2, 0.25) is 5.91 Å². The van der Waals surface area contributed by atoms with Crippen LogP contribution >= 0.6 is 11.8 Å². The molecular weight excluding hydrogens is 330 g/mol. The highest BCUT2D eigenvalue weighted by Crippen LogP contribution is 2.34. The normalized spacial score (nSPS) is 17.7. The summed E-state index contributed by atoms with van der Waals surface area (Å²) in [6.07, 6.45) is -0.675. The molecule has 24 heavy (non-hydrogen) atoms. The second-order valence-corrected chi connectivity index (χ2v) is 7.43. The van der Waals surface area contributed by atoms with Crippen molar-refractivity contribution in [3.63, 3.8) is 0 Å². The number of carbonyl (C=O) groups is 3. The summed E-state index contributed by atoms with van der Waals surface area (Å²) in [5.74, 6) is -0.678. The van der Waals surface area contributed by atoms with E-state index < -0.39 is 29.6 Å². The number of nitrogens with two attached hydrogens (primary N) is 1. The number of hydrogen-bond acceptors (Lipinski definition) is 5. The molecule has 1 aliphatic heterocycles. The maximum absolute atomic E-state index is 12.8. The molecule has 8 heteroatoms. The van der Waals surface area contributed by atoms with E-state index in [-0.39, 0.29) is 6.54 Å². The van der Waals surface area contributed by atoms with Crippen molar-refractivity contribution in [2.45, 2.75) is 37.3 Å². The van der Waals surface area contributed by atoms with E-state index in [1.807, 2.05) is 12.1 Å². The maximum atomic E-state index is 12.8. The van der Waals surface area contributed by atoms with Gasteiger partial charge in [0.15, 0.2) is 0 Å². The number of hydrogen-bond donors (Lipinski definition) is 2. The molecule has 0 spiro atoms. The number of anilines is 1. The van der Waals surface area contributed by atoms with Gasteiger partial charge in [-0.05, 0) is 32.9 Å². The first kappa shape index (κ1) is 18.1. The molecule has 7 nitrogen and oxygen atoms in total. The Kier molecular flexibility index (Phi) is 5.38. The van der Waals surface area contributed by atoms with Gasteiger partial charge >= 0.3 is 6.09 Å². The average molecular weight is 351 g/mol. The predicted molar refractivity (Wildman–Crippen MR) is 91.9 cm³/mol. The minimum absolute atomic E-state index is 0.247. The first-order chi connectivity index (χ1) is 11.2. The van der Waals surface area contributed by atoms with Gasteiger partial charge in [-0.3, -0.25) is 9.59 Å². The number of carbonyl (C=O) groups excluding carboxylic acids is 3. The minimum atomic E-state index is -0.809. The fourth-order valence-electron chi connectivity index (χ4n) is 2.23. The number of alkyl carbamates (subject to hydrolysis) is 1. The third-order valence-corrected chi connectivity index (χ3v) is 4.29. The number of fused-ring (bicyclic) bond motifs is 1. The lowest BCUT2D eigenvalue weighted by Gasteiger charge is -2.26. The number of nitrogens with zero attached hydrogens (tertiary/aromatic N) is 1. The Bertz CT molecular complexity index is 657. The molecule has 3 N–H and O–H groups in total. The van der Waals surface area contributed by atoms with E-state index in [1.165, 1.54) is 16.7 Å². The first-order valence-electron chi connectivity index (χ1n) is 7.48. The third-order valence-electron chi connectivity index (χ3n) is 3.13. The second-order valence-electron chi connectivity index (χ2n) is 6.37. The number of primary amides is 1. The Morgan fingerprint density at radius 2 is 2.04 bits per heavy atom. The molecule has 130 valence electrons.